The van der Waals surface area contributed by atoms with E-state index in [9.17, 15) is 0 Å². The van der Waals surface area contributed by atoms with Crippen molar-refractivity contribution in [3.63, 3.8) is 0 Å². The summed E-state index contributed by atoms with van der Waals surface area (Å²) in [5.74, 6) is 0.447. The van der Waals surface area contributed by atoms with Crippen LogP contribution in [0.3, 0.4) is 0 Å². The highest BCUT2D eigenvalue weighted by molar-refractivity contribution is 6.83. The zero-order valence-corrected chi connectivity index (χ0v) is 72.3. The van der Waals surface area contributed by atoms with Gasteiger partial charge >= 0.3 is 46.2 Å². The highest BCUT2D eigenvalue weighted by Gasteiger charge is 2.54. The quantitative estimate of drug-likeness (QED) is 0.0553. The van der Waals surface area contributed by atoms with Crippen molar-refractivity contribution in [3.8, 4) is 0 Å². The van der Waals surface area contributed by atoms with Crippen LogP contribution in [0.5, 0.6) is 0 Å². The van der Waals surface area contributed by atoms with Crippen molar-refractivity contribution in [3.05, 3.63) is 0 Å². The van der Waals surface area contributed by atoms with Crippen LogP contribution < -0.4 is 0 Å². The molecule has 1 aliphatic carbocycles. The van der Waals surface area contributed by atoms with Crippen LogP contribution in [0.15, 0.2) is 0 Å². The molecule has 0 N–H and O–H groups in total. The van der Waals surface area contributed by atoms with E-state index < -0.39 is 156 Å². The first-order valence-electron chi connectivity index (χ1n) is 30.0. The summed E-state index contributed by atoms with van der Waals surface area (Å²) < 4.78 is 124. The molecule has 0 aromatic carbocycles. The van der Waals surface area contributed by atoms with Crippen molar-refractivity contribution < 1.29 is 78.5 Å². The van der Waals surface area contributed by atoms with E-state index in [2.05, 4.69) is 92.0 Å². The highest BCUT2D eigenvalue weighted by atomic mass is 28.5. The van der Waals surface area contributed by atoms with Gasteiger partial charge in [0.25, 0.3) is 92.8 Å². The van der Waals surface area contributed by atoms with Gasteiger partial charge in [0.15, 0.2) is 17.4 Å². The fourth-order valence-electron chi connectivity index (χ4n) is 10.7. The van der Waals surface area contributed by atoms with Gasteiger partial charge in [0.2, 0.25) is 29.3 Å². The van der Waals surface area contributed by atoms with E-state index in [-0.39, 0.29) is 35.4 Å². The lowest BCUT2D eigenvalue weighted by atomic mass is 10.1. The van der Waals surface area contributed by atoms with Gasteiger partial charge in [0.1, 0.15) is 0 Å². The summed E-state index contributed by atoms with van der Waals surface area (Å²) in [5, 5.41) is 0. The highest BCUT2D eigenvalue weighted by Crippen LogP contribution is 2.47. The van der Waals surface area contributed by atoms with Crippen molar-refractivity contribution in [2.75, 3.05) is 0 Å². The Morgan fingerprint density at radius 2 is 0.785 bits per heavy atom. The lowest BCUT2D eigenvalue weighted by Gasteiger charge is -2.41. The second-order valence-electron chi connectivity index (χ2n) is 22.1. The van der Waals surface area contributed by atoms with Gasteiger partial charge in [-0.2, -0.15) is 0 Å². The van der Waals surface area contributed by atoms with E-state index >= 15 is 0 Å². The third kappa shape index (κ3) is 30.8. The minimum absolute atomic E-state index is 0.234. The van der Waals surface area contributed by atoms with Gasteiger partial charge in [-0.1, -0.05) is 96.3 Å². The second-order valence-corrected chi connectivity index (χ2v) is 65.5. The molecule has 456 valence electrons. The minimum Gasteiger partial charge on any atom is -0.441 e. The Morgan fingerprint density at radius 3 is 1.20 bits per heavy atom. The van der Waals surface area contributed by atoms with Gasteiger partial charge in [-0.3, -0.25) is 0 Å². The molecule has 79 heavy (non-hydrogen) atoms. The van der Waals surface area contributed by atoms with Crippen LogP contribution in [-0.4, -0.2) is 192 Å². The fourth-order valence-corrected chi connectivity index (χ4v) is 68.1. The molecule has 5 aliphatic rings. The Balaban J connectivity index is 1.21. The Bertz CT molecular complexity index is 1440. The molecule has 10 radical (unpaired) electrons. The number of hydrogen-bond donors (Lipinski definition) is 0. The molecular weight excluding hydrogens is 1350 g/mol. The molecule has 39 heteroatoms. The first kappa shape index (κ1) is 73.3. The Hall–Kier alpha value is 3.58. The molecule has 0 bridgehead atoms. The molecule has 5 rings (SSSR count). The van der Waals surface area contributed by atoms with E-state index in [1.807, 2.05) is 0 Å². The molecule has 1 saturated carbocycles. The molecule has 0 spiro atoms. The summed E-state index contributed by atoms with van der Waals surface area (Å²) in [6.07, 6.45) is 17.0. The van der Waals surface area contributed by atoms with Crippen LogP contribution >= 0.6 is 0 Å². The number of unbranched alkanes of at least 4 members (excludes halogenated alkanes) is 9. The summed E-state index contributed by atoms with van der Waals surface area (Å²) in [7, 11) is -29.2. The van der Waals surface area contributed by atoms with E-state index in [1.165, 1.54) is 6.42 Å². The monoisotopic (exact) mass is 1450 g/mol. The Morgan fingerprint density at radius 1 is 0.430 bits per heavy atom. The average Bonchev–Trinajstić information content (AvgIpc) is 3.87. The number of rotatable bonds is 32. The average molecular weight is 1450 g/mol. The van der Waals surface area contributed by atoms with E-state index in [1.54, 1.807) is 0 Å². The third-order valence-electron chi connectivity index (χ3n) is 14.0. The third-order valence-corrected chi connectivity index (χ3v) is 69.6. The van der Waals surface area contributed by atoms with Crippen LogP contribution in [0.2, 0.25) is 139 Å². The molecule has 11 atom stereocenters. The van der Waals surface area contributed by atoms with Gasteiger partial charge in [-0.05, 0) is 152 Å². The standard InChI is InChI=1S/C40H102O19Si20/c1-38-36-63(2)45-64(3)52-74(41-38)33-24-18-15-21-30-60-42-79(43-61-31-22-16-19-25-34-75-53-68(7)46-65(4)47-69(8)54-75,44-62-32-23-17-20-26-35-76-55-70(9)48-66(5)49-71(10)56-76)59-78(13,14)40-29-27-28-39(40)37-77-57-72(11)50-67(6)51-73(12)58-77/h38-40,63-73H,15-37H2,1-14H3. The zero-order chi connectivity index (χ0) is 57.2. The molecule has 4 saturated heterocycles. The first-order chi connectivity index (χ1) is 37.7. The molecule has 4 aliphatic heterocycles. The summed E-state index contributed by atoms with van der Waals surface area (Å²) >= 11 is 0. The summed E-state index contributed by atoms with van der Waals surface area (Å²) in [6.45, 7) is 30.4. The maximum atomic E-state index is 7.63. The van der Waals surface area contributed by atoms with Crippen molar-refractivity contribution in [1.29, 1.82) is 0 Å². The van der Waals surface area contributed by atoms with Crippen LogP contribution in [-0.2, 0) is 78.5 Å². The van der Waals surface area contributed by atoms with Crippen molar-refractivity contribution >= 4 is 186 Å². The smallest absolute Gasteiger partial charge is 0.441 e. The second kappa shape index (κ2) is 40.3. The largest absolute Gasteiger partial charge is 0.636 e. The first-order valence-corrected chi connectivity index (χ1v) is 67.5. The van der Waals surface area contributed by atoms with Gasteiger partial charge < -0.3 is 78.5 Å². The maximum Gasteiger partial charge on any atom is 0.636 e. The van der Waals surface area contributed by atoms with Crippen LogP contribution in [0.4, 0.5) is 0 Å². The summed E-state index contributed by atoms with van der Waals surface area (Å²) in [6, 6.07) is 7.82. The SMILES string of the molecule is CC1C[SiH](C)O[SiH](C)O[Si](CCCCCC[Si]O[Si](O[Si]CCCCCC[Si]2O[SiH](C)O[SiH](C)O[SiH](C)O2)(O[Si]CCCCCC[Si]2O[SiH](C)O[SiH](C)O[SiH](C)O2)O[Si](C)(C)C2CCCC2C[Si]2O[SiH](C)O[SiH](C)O[SiH](C)O2)O1. The van der Waals surface area contributed by atoms with Crippen LogP contribution in [0, 0.1) is 5.92 Å². The summed E-state index contributed by atoms with van der Waals surface area (Å²) in [4.78, 5) is 0. The van der Waals surface area contributed by atoms with Crippen LogP contribution in [0.25, 0.3) is 0 Å². The Kier molecular flexibility index (Phi) is 37.4. The summed E-state index contributed by atoms with van der Waals surface area (Å²) in [5.41, 5.74) is 0.408. The molecule has 0 aromatic heterocycles. The molecule has 5 fully saturated rings. The topological polar surface area (TPSA) is 175 Å². The Labute approximate surface area is 514 Å². The van der Waals surface area contributed by atoms with Crippen molar-refractivity contribution in [2.24, 2.45) is 5.92 Å². The lowest BCUT2D eigenvalue weighted by Crippen LogP contribution is -2.59. The zero-order valence-electron chi connectivity index (χ0n) is 50.6. The molecule has 11 unspecified atom stereocenters. The molecule has 19 nitrogen and oxygen atoms in total. The normalized spacial score (nSPS) is 33.9. The van der Waals surface area contributed by atoms with Crippen LogP contribution in [0.1, 0.15) is 103 Å². The van der Waals surface area contributed by atoms with Gasteiger partial charge in [-0.15, -0.1) is 0 Å². The molecular formula is C40H102O19Si20. The van der Waals surface area contributed by atoms with Crippen molar-refractivity contribution in [1.82, 2.24) is 0 Å². The lowest BCUT2D eigenvalue weighted by molar-refractivity contribution is 0.163. The van der Waals surface area contributed by atoms with Gasteiger partial charge in [0, 0.05) is 6.10 Å². The minimum atomic E-state index is -3.60. The van der Waals surface area contributed by atoms with E-state index in [0.29, 0.717) is 11.5 Å². The van der Waals surface area contributed by atoms with E-state index in [0.717, 1.165) is 138 Å². The van der Waals surface area contributed by atoms with Gasteiger partial charge in [0.05, 0.1) is 0 Å². The molecule has 0 aromatic rings. The predicted octanol–water partition coefficient (Wildman–Crippen LogP) is 6.16. The molecule has 4 heterocycles. The maximum absolute atomic E-state index is 7.63. The fraction of sp³-hybridized carbons (Fsp3) is 1.00. The van der Waals surface area contributed by atoms with E-state index in [4.69, 9.17) is 78.5 Å². The van der Waals surface area contributed by atoms with Gasteiger partial charge in [-0.25, -0.2) is 0 Å². The number of hydrogen-bond acceptors (Lipinski definition) is 19. The van der Waals surface area contributed by atoms with Crippen molar-refractivity contribution in [2.45, 2.75) is 248 Å². The predicted molar refractivity (Wildman–Crippen MR) is 352 cm³/mol. The molecule has 0 amide bonds.